The lowest BCUT2D eigenvalue weighted by molar-refractivity contribution is -0.130. The second-order valence-electron chi connectivity index (χ2n) is 5.22. The molecule has 1 amide bonds. The van der Waals surface area contributed by atoms with Crippen molar-refractivity contribution in [1.82, 2.24) is 4.90 Å². The summed E-state index contributed by atoms with van der Waals surface area (Å²) in [5, 5.41) is 0. The molecule has 118 valence electrons. The molecule has 0 spiro atoms. The van der Waals surface area contributed by atoms with Crippen LogP contribution in [0.15, 0.2) is 18.2 Å². The monoisotopic (exact) mass is 319 g/mol. The highest BCUT2D eigenvalue weighted by molar-refractivity contribution is 7.90. The SMILES string of the molecule is C[C@H](CC(=O)N(C)CCS(C)(=O)=O)c1ccc(F)cc1F. The van der Waals surface area contributed by atoms with Crippen molar-refractivity contribution in [3.8, 4) is 0 Å². The van der Waals surface area contributed by atoms with E-state index in [1.807, 2.05) is 0 Å². The van der Waals surface area contributed by atoms with Gasteiger partial charge in [-0.2, -0.15) is 0 Å². The lowest BCUT2D eigenvalue weighted by Crippen LogP contribution is -2.32. The summed E-state index contributed by atoms with van der Waals surface area (Å²) in [7, 11) is -1.64. The summed E-state index contributed by atoms with van der Waals surface area (Å²) in [6.45, 7) is 1.76. The lowest BCUT2D eigenvalue weighted by Gasteiger charge is -2.19. The summed E-state index contributed by atoms with van der Waals surface area (Å²) in [6.07, 6.45) is 1.13. The molecule has 0 aromatic heterocycles. The molecule has 21 heavy (non-hydrogen) atoms. The van der Waals surface area contributed by atoms with E-state index in [-0.39, 0.29) is 30.2 Å². The summed E-state index contributed by atoms with van der Waals surface area (Å²) >= 11 is 0. The zero-order valence-corrected chi connectivity index (χ0v) is 13.1. The second kappa shape index (κ2) is 6.98. The first-order valence-corrected chi connectivity index (χ1v) is 8.53. The molecule has 0 heterocycles. The van der Waals surface area contributed by atoms with Crippen molar-refractivity contribution in [1.29, 1.82) is 0 Å². The zero-order chi connectivity index (χ0) is 16.2. The summed E-state index contributed by atoms with van der Waals surface area (Å²) in [5.41, 5.74) is 0.265. The van der Waals surface area contributed by atoms with Gasteiger partial charge in [0.05, 0.1) is 5.75 Å². The Labute approximate surface area is 123 Å². The summed E-state index contributed by atoms with van der Waals surface area (Å²) in [6, 6.07) is 3.25. The molecule has 0 aliphatic carbocycles. The molecule has 0 bridgehead atoms. The molecule has 7 heteroatoms. The number of amides is 1. The highest BCUT2D eigenvalue weighted by Crippen LogP contribution is 2.23. The standard InChI is InChI=1S/C14H19F2NO3S/c1-10(12-5-4-11(15)9-13(12)16)8-14(18)17(2)6-7-21(3,19)20/h4-5,9-10H,6-8H2,1-3H3/t10-/m1/s1. The maximum Gasteiger partial charge on any atom is 0.222 e. The number of halogens is 2. The maximum atomic E-state index is 13.6. The summed E-state index contributed by atoms with van der Waals surface area (Å²) in [4.78, 5) is 13.3. The average molecular weight is 319 g/mol. The van der Waals surface area contributed by atoms with Crippen LogP contribution in [-0.2, 0) is 14.6 Å². The van der Waals surface area contributed by atoms with Gasteiger partial charge in [0.15, 0.2) is 0 Å². The van der Waals surface area contributed by atoms with Crippen LogP contribution in [0.5, 0.6) is 0 Å². The Hall–Kier alpha value is -1.50. The molecule has 1 rings (SSSR count). The third-order valence-electron chi connectivity index (χ3n) is 3.20. The van der Waals surface area contributed by atoms with Gasteiger partial charge in [0.2, 0.25) is 5.91 Å². The molecule has 1 atom stereocenters. The van der Waals surface area contributed by atoms with E-state index in [2.05, 4.69) is 0 Å². The van der Waals surface area contributed by atoms with Gasteiger partial charge in [-0.1, -0.05) is 13.0 Å². The van der Waals surface area contributed by atoms with Crippen LogP contribution >= 0.6 is 0 Å². The molecule has 0 aliphatic heterocycles. The Morgan fingerprint density at radius 1 is 1.33 bits per heavy atom. The van der Waals surface area contributed by atoms with Gasteiger partial charge in [-0.3, -0.25) is 4.79 Å². The fourth-order valence-corrected chi connectivity index (χ4v) is 2.46. The van der Waals surface area contributed by atoms with Crippen LogP contribution < -0.4 is 0 Å². The summed E-state index contributed by atoms with van der Waals surface area (Å²) in [5.74, 6) is -2.17. The van der Waals surface area contributed by atoms with Gasteiger partial charge in [-0.25, -0.2) is 17.2 Å². The Kier molecular flexibility index (Phi) is 5.83. The highest BCUT2D eigenvalue weighted by Gasteiger charge is 2.18. The van der Waals surface area contributed by atoms with E-state index < -0.39 is 27.4 Å². The van der Waals surface area contributed by atoms with Crippen molar-refractivity contribution >= 4 is 15.7 Å². The lowest BCUT2D eigenvalue weighted by atomic mass is 9.96. The van der Waals surface area contributed by atoms with E-state index in [4.69, 9.17) is 0 Å². The van der Waals surface area contributed by atoms with E-state index in [1.165, 1.54) is 18.0 Å². The van der Waals surface area contributed by atoms with Crippen LogP contribution in [0, 0.1) is 11.6 Å². The smallest absolute Gasteiger partial charge is 0.222 e. The maximum absolute atomic E-state index is 13.6. The van der Waals surface area contributed by atoms with Crippen molar-refractivity contribution in [2.45, 2.75) is 19.3 Å². The third kappa shape index (κ3) is 5.79. The third-order valence-corrected chi connectivity index (χ3v) is 4.12. The fraction of sp³-hybridized carbons (Fsp3) is 0.500. The predicted octanol–water partition coefficient (Wildman–Crippen LogP) is 1.96. The number of carbonyl (C=O) groups is 1. The largest absolute Gasteiger partial charge is 0.345 e. The van der Waals surface area contributed by atoms with Crippen LogP contribution in [0.25, 0.3) is 0 Å². The molecule has 0 N–H and O–H groups in total. The number of rotatable bonds is 6. The Bertz CT molecular complexity index is 617. The number of nitrogens with zero attached hydrogens (tertiary/aromatic N) is 1. The van der Waals surface area contributed by atoms with Crippen LogP contribution in [-0.4, -0.2) is 44.8 Å². The molecular weight excluding hydrogens is 300 g/mol. The number of sulfone groups is 1. The van der Waals surface area contributed by atoms with Crippen LogP contribution in [0.2, 0.25) is 0 Å². The van der Waals surface area contributed by atoms with Crippen molar-refractivity contribution in [3.05, 3.63) is 35.4 Å². The minimum atomic E-state index is -3.14. The molecule has 0 fully saturated rings. The van der Waals surface area contributed by atoms with Gasteiger partial charge in [0.1, 0.15) is 21.5 Å². The molecule has 0 unspecified atom stereocenters. The minimum absolute atomic E-state index is 0.0306. The molecule has 0 aliphatic rings. The molecule has 0 saturated carbocycles. The van der Waals surface area contributed by atoms with Crippen LogP contribution in [0.1, 0.15) is 24.8 Å². The van der Waals surface area contributed by atoms with Gasteiger partial charge < -0.3 is 4.90 Å². The molecule has 0 saturated heterocycles. The van der Waals surface area contributed by atoms with Gasteiger partial charge in [0.25, 0.3) is 0 Å². The minimum Gasteiger partial charge on any atom is -0.345 e. The molecular formula is C14H19F2NO3S. The first-order valence-electron chi connectivity index (χ1n) is 6.47. The van der Waals surface area contributed by atoms with Crippen LogP contribution in [0.3, 0.4) is 0 Å². The first-order chi connectivity index (χ1) is 9.60. The first kappa shape index (κ1) is 17.6. The number of benzene rings is 1. The van der Waals surface area contributed by atoms with Gasteiger partial charge >= 0.3 is 0 Å². The molecule has 4 nitrogen and oxygen atoms in total. The number of hydrogen-bond acceptors (Lipinski definition) is 3. The topological polar surface area (TPSA) is 54.5 Å². The van der Waals surface area contributed by atoms with Crippen molar-refractivity contribution in [2.24, 2.45) is 0 Å². The number of carbonyl (C=O) groups excluding carboxylic acids is 1. The van der Waals surface area contributed by atoms with E-state index in [9.17, 15) is 22.0 Å². The van der Waals surface area contributed by atoms with E-state index in [0.29, 0.717) is 0 Å². The predicted molar refractivity (Wildman–Crippen MR) is 76.7 cm³/mol. The van der Waals surface area contributed by atoms with Gasteiger partial charge in [-0.15, -0.1) is 0 Å². The molecule has 1 aromatic carbocycles. The van der Waals surface area contributed by atoms with Crippen LogP contribution in [0.4, 0.5) is 8.78 Å². The molecule has 1 aromatic rings. The van der Waals surface area contributed by atoms with Gasteiger partial charge in [0, 0.05) is 32.3 Å². The van der Waals surface area contributed by atoms with E-state index >= 15 is 0 Å². The highest BCUT2D eigenvalue weighted by atomic mass is 32.2. The zero-order valence-electron chi connectivity index (χ0n) is 12.3. The van der Waals surface area contributed by atoms with E-state index in [0.717, 1.165) is 18.4 Å². The quantitative estimate of drug-likeness (QED) is 0.805. The summed E-state index contributed by atoms with van der Waals surface area (Å²) < 4.78 is 48.6. The Morgan fingerprint density at radius 3 is 2.48 bits per heavy atom. The molecule has 0 radical (unpaired) electrons. The van der Waals surface area contributed by atoms with Crippen molar-refractivity contribution in [2.75, 3.05) is 25.6 Å². The second-order valence-corrected chi connectivity index (χ2v) is 7.48. The van der Waals surface area contributed by atoms with E-state index in [1.54, 1.807) is 6.92 Å². The Morgan fingerprint density at radius 2 is 1.95 bits per heavy atom. The van der Waals surface area contributed by atoms with Gasteiger partial charge in [-0.05, 0) is 17.5 Å². The average Bonchev–Trinajstić information content (AvgIpc) is 2.34. The number of hydrogen-bond donors (Lipinski definition) is 0. The van der Waals surface area contributed by atoms with Crippen molar-refractivity contribution < 1.29 is 22.0 Å². The fourth-order valence-electron chi connectivity index (χ4n) is 1.86. The Balaban J connectivity index is 2.65. The van der Waals surface area contributed by atoms with Crippen molar-refractivity contribution in [3.63, 3.8) is 0 Å². The normalized spacial score (nSPS) is 13.0.